The highest BCUT2D eigenvalue weighted by molar-refractivity contribution is 7.16. The summed E-state index contributed by atoms with van der Waals surface area (Å²) in [6, 6.07) is 4.03. The van der Waals surface area contributed by atoms with Gasteiger partial charge in [0.2, 0.25) is 0 Å². The molecule has 0 fully saturated rings. The fourth-order valence-corrected chi connectivity index (χ4v) is 3.51. The maximum Gasteiger partial charge on any atom is 0.131 e. The SMILES string of the molecule is CCNCc1c(C)nn(C)c1N(C)Cc1ccc(Cl)s1. The summed E-state index contributed by atoms with van der Waals surface area (Å²) in [5.41, 5.74) is 2.35. The summed E-state index contributed by atoms with van der Waals surface area (Å²) >= 11 is 7.62. The summed E-state index contributed by atoms with van der Waals surface area (Å²) in [4.78, 5) is 3.49. The first kappa shape index (κ1) is 15.4. The predicted octanol–water partition coefficient (Wildman–Crippen LogP) is 3.19. The molecule has 0 atom stereocenters. The van der Waals surface area contributed by atoms with Crippen LogP contribution in [0.1, 0.15) is 23.1 Å². The molecule has 0 spiro atoms. The molecule has 110 valence electrons. The second kappa shape index (κ2) is 6.61. The molecule has 0 saturated heterocycles. The van der Waals surface area contributed by atoms with Crippen molar-refractivity contribution in [2.24, 2.45) is 7.05 Å². The van der Waals surface area contributed by atoms with Gasteiger partial charge in [0.15, 0.2) is 0 Å². The molecule has 2 heterocycles. The molecule has 0 aromatic carbocycles. The third kappa shape index (κ3) is 3.34. The van der Waals surface area contributed by atoms with E-state index in [0.29, 0.717) is 0 Å². The van der Waals surface area contributed by atoms with Crippen molar-refractivity contribution in [2.45, 2.75) is 26.9 Å². The molecule has 1 N–H and O–H groups in total. The summed E-state index contributed by atoms with van der Waals surface area (Å²) < 4.78 is 2.79. The Morgan fingerprint density at radius 3 is 2.80 bits per heavy atom. The zero-order chi connectivity index (χ0) is 14.7. The molecule has 20 heavy (non-hydrogen) atoms. The summed E-state index contributed by atoms with van der Waals surface area (Å²) in [6.45, 7) is 6.82. The highest BCUT2D eigenvalue weighted by atomic mass is 35.5. The number of halogens is 1. The minimum atomic E-state index is 0.836. The van der Waals surface area contributed by atoms with E-state index in [-0.39, 0.29) is 0 Å². The molecule has 2 aromatic heterocycles. The van der Waals surface area contributed by atoms with Gasteiger partial charge < -0.3 is 10.2 Å². The third-order valence-electron chi connectivity index (χ3n) is 3.25. The number of hydrogen-bond donors (Lipinski definition) is 1. The maximum atomic E-state index is 6.00. The van der Waals surface area contributed by atoms with Crippen molar-refractivity contribution in [3.05, 3.63) is 32.6 Å². The van der Waals surface area contributed by atoms with Gasteiger partial charge in [-0.3, -0.25) is 4.68 Å². The second-order valence-corrected chi connectivity index (χ2v) is 6.65. The average molecular weight is 313 g/mol. The Hall–Kier alpha value is -1.04. The minimum absolute atomic E-state index is 0.836. The molecule has 2 aromatic rings. The van der Waals surface area contributed by atoms with Crippen LogP contribution in [0.4, 0.5) is 5.82 Å². The zero-order valence-electron chi connectivity index (χ0n) is 12.4. The van der Waals surface area contributed by atoms with E-state index in [4.69, 9.17) is 11.6 Å². The zero-order valence-corrected chi connectivity index (χ0v) is 14.0. The Kier molecular flexibility index (Phi) is 5.07. The average Bonchev–Trinajstić information content (AvgIpc) is 2.90. The van der Waals surface area contributed by atoms with Crippen molar-refractivity contribution in [3.63, 3.8) is 0 Å². The highest BCUT2D eigenvalue weighted by Crippen LogP contribution is 2.27. The summed E-state index contributed by atoms with van der Waals surface area (Å²) in [6.07, 6.45) is 0. The van der Waals surface area contributed by atoms with Gasteiger partial charge in [-0.2, -0.15) is 5.10 Å². The topological polar surface area (TPSA) is 33.1 Å². The van der Waals surface area contributed by atoms with E-state index in [9.17, 15) is 0 Å². The molecule has 4 nitrogen and oxygen atoms in total. The fraction of sp³-hybridized carbons (Fsp3) is 0.500. The van der Waals surface area contributed by atoms with Crippen LogP contribution in [0, 0.1) is 6.92 Å². The summed E-state index contributed by atoms with van der Waals surface area (Å²) in [5, 5.41) is 7.93. The van der Waals surface area contributed by atoms with Crippen molar-refractivity contribution < 1.29 is 0 Å². The highest BCUT2D eigenvalue weighted by Gasteiger charge is 2.17. The van der Waals surface area contributed by atoms with Crippen molar-refractivity contribution in [2.75, 3.05) is 18.5 Å². The van der Waals surface area contributed by atoms with Gasteiger partial charge >= 0.3 is 0 Å². The molecule has 0 aliphatic carbocycles. The molecule has 0 aliphatic rings. The standard InChI is InChI=1S/C14H21ClN4S/c1-5-16-8-12-10(2)17-19(4)14(12)18(3)9-11-6-7-13(15)20-11/h6-7,16H,5,8-9H2,1-4H3. The van der Waals surface area contributed by atoms with Crippen LogP contribution >= 0.6 is 22.9 Å². The van der Waals surface area contributed by atoms with E-state index >= 15 is 0 Å². The second-order valence-electron chi connectivity index (χ2n) is 4.85. The molecule has 0 aliphatic heterocycles. The lowest BCUT2D eigenvalue weighted by Gasteiger charge is -2.20. The largest absolute Gasteiger partial charge is 0.354 e. The number of aromatic nitrogens is 2. The molecular weight excluding hydrogens is 292 g/mol. The molecular formula is C14H21ClN4S. The van der Waals surface area contributed by atoms with Crippen LogP contribution in [-0.2, 0) is 20.1 Å². The Labute approximate surface area is 129 Å². The number of nitrogens with zero attached hydrogens (tertiary/aromatic N) is 3. The number of aryl methyl sites for hydroxylation is 2. The van der Waals surface area contributed by atoms with Crippen LogP contribution in [0.3, 0.4) is 0 Å². The first-order valence-electron chi connectivity index (χ1n) is 6.71. The minimum Gasteiger partial charge on any atom is -0.354 e. The van der Waals surface area contributed by atoms with E-state index in [1.807, 2.05) is 17.8 Å². The third-order valence-corrected chi connectivity index (χ3v) is 4.46. The van der Waals surface area contributed by atoms with Gasteiger partial charge in [-0.1, -0.05) is 18.5 Å². The van der Waals surface area contributed by atoms with Crippen LogP contribution in [0.25, 0.3) is 0 Å². The molecule has 0 unspecified atom stereocenters. The Bertz CT molecular complexity index is 576. The maximum absolute atomic E-state index is 6.00. The first-order chi connectivity index (χ1) is 9.52. The summed E-state index contributed by atoms with van der Waals surface area (Å²) in [7, 11) is 4.09. The van der Waals surface area contributed by atoms with E-state index in [0.717, 1.165) is 35.5 Å². The monoisotopic (exact) mass is 312 g/mol. The number of anilines is 1. The van der Waals surface area contributed by atoms with Gasteiger partial charge in [0.05, 0.1) is 16.6 Å². The van der Waals surface area contributed by atoms with Gasteiger partial charge in [0, 0.05) is 31.1 Å². The molecule has 0 bridgehead atoms. The van der Waals surface area contributed by atoms with Gasteiger partial charge in [-0.25, -0.2) is 0 Å². The van der Waals surface area contributed by atoms with Crippen molar-refractivity contribution in [3.8, 4) is 0 Å². The molecule has 0 saturated carbocycles. The van der Waals surface area contributed by atoms with Crippen LogP contribution < -0.4 is 10.2 Å². The van der Waals surface area contributed by atoms with Crippen molar-refractivity contribution in [1.29, 1.82) is 0 Å². The Morgan fingerprint density at radius 2 is 2.20 bits per heavy atom. The van der Waals surface area contributed by atoms with E-state index in [1.165, 1.54) is 10.4 Å². The Morgan fingerprint density at radius 1 is 1.45 bits per heavy atom. The molecule has 2 rings (SSSR count). The van der Waals surface area contributed by atoms with Gasteiger partial charge in [0.1, 0.15) is 5.82 Å². The lowest BCUT2D eigenvalue weighted by molar-refractivity contribution is 0.710. The summed E-state index contributed by atoms with van der Waals surface area (Å²) in [5.74, 6) is 1.16. The van der Waals surface area contributed by atoms with Crippen LogP contribution in [-0.4, -0.2) is 23.4 Å². The smallest absolute Gasteiger partial charge is 0.131 e. The number of hydrogen-bond acceptors (Lipinski definition) is 4. The lowest BCUT2D eigenvalue weighted by Crippen LogP contribution is -2.22. The molecule has 0 radical (unpaired) electrons. The van der Waals surface area contributed by atoms with E-state index < -0.39 is 0 Å². The van der Waals surface area contributed by atoms with Crippen LogP contribution in [0.5, 0.6) is 0 Å². The van der Waals surface area contributed by atoms with Gasteiger partial charge in [0.25, 0.3) is 0 Å². The van der Waals surface area contributed by atoms with E-state index in [2.05, 4.69) is 42.3 Å². The van der Waals surface area contributed by atoms with Gasteiger partial charge in [-0.15, -0.1) is 11.3 Å². The lowest BCUT2D eigenvalue weighted by atomic mass is 10.2. The predicted molar refractivity (Wildman–Crippen MR) is 86.8 cm³/mol. The van der Waals surface area contributed by atoms with Crippen LogP contribution in [0.15, 0.2) is 12.1 Å². The number of thiophene rings is 1. The normalized spacial score (nSPS) is 11.1. The number of nitrogens with one attached hydrogen (secondary N) is 1. The van der Waals surface area contributed by atoms with Crippen molar-refractivity contribution >= 4 is 28.8 Å². The Balaban J connectivity index is 2.21. The van der Waals surface area contributed by atoms with Crippen LogP contribution in [0.2, 0.25) is 4.34 Å². The van der Waals surface area contributed by atoms with E-state index in [1.54, 1.807) is 11.3 Å². The molecule has 6 heteroatoms. The van der Waals surface area contributed by atoms with Crippen molar-refractivity contribution in [1.82, 2.24) is 15.1 Å². The fourth-order valence-electron chi connectivity index (χ4n) is 2.37. The first-order valence-corrected chi connectivity index (χ1v) is 7.91. The quantitative estimate of drug-likeness (QED) is 0.889. The van der Waals surface area contributed by atoms with Gasteiger partial charge in [-0.05, 0) is 25.6 Å². The molecule has 0 amide bonds. The number of rotatable bonds is 6.